The minimum atomic E-state index is -3.55. The second-order valence-corrected chi connectivity index (χ2v) is 7.44. The van der Waals surface area contributed by atoms with Crippen LogP contribution in [-0.4, -0.2) is 27.8 Å². The summed E-state index contributed by atoms with van der Waals surface area (Å²) in [6.07, 6.45) is 3.06. The summed E-state index contributed by atoms with van der Waals surface area (Å²) in [5.74, 6) is -0.425. The Morgan fingerprint density at radius 2 is 2.17 bits per heavy atom. The van der Waals surface area contributed by atoms with Crippen LogP contribution in [0.3, 0.4) is 0 Å². The van der Waals surface area contributed by atoms with Gasteiger partial charge in [0, 0.05) is 17.3 Å². The molecule has 1 atom stereocenters. The summed E-state index contributed by atoms with van der Waals surface area (Å²) in [5.41, 5.74) is 0.846. The van der Waals surface area contributed by atoms with Gasteiger partial charge in [-0.25, -0.2) is 12.8 Å². The van der Waals surface area contributed by atoms with Gasteiger partial charge in [0.2, 0.25) is 0 Å². The molecule has 2 rings (SSSR count). The van der Waals surface area contributed by atoms with Crippen molar-refractivity contribution in [2.24, 2.45) is 0 Å². The molecule has 0 bridgehead atoms. The zero-order chi connectivity index (χ0) is 13.3. The lowest BCUT2D eigenvalue weighted by Crippen LogP contribution is -2.28. The average Bonchev–Trinajstić information content (AvgIpc) is 2.27. The van der Waals surface area contributed by atoms with E-state index in [1.165, 1.54) is 6.07 Å². The SMILES string of the molecule is CS(=O)(=O)c1c(F)cc(C2CCCNC2)cc1Br. The second-order valence-electron chi connectivity index (χ2n) is 4.63. The van der Waals surface area contributed by atoms with E-state index in [-0.39, 0.29) is 10.8 Å². The third-order valence-electron chi connectivity index (χ3n) is 3.16. The summed E-state index contributed by atoms with van der Waals surface area (Å²) < 4.78 is 37.2. The number of hydrogen-bond donors (Lipinski definition) is 1. The Balaban J connectivity index is 2.42. The van der Waals surface area contributed by atoms with Crippen molar-refractivity contribution in [3.8, 4) is 0 Å². The minimum absolute atomic E-state index is 0.248. The van der Waals surface area contributed by atoms with Crippen LogP contribution >= 0.6 is 15.9 Å². The predicted octanol–water partition coefficient (Wildman–Crippen LogP) is 2.46. The number of rotatable bonds is 2. The zero-order valence-electron chi connectivity index (χ0n) is 10.0. The van der Waals surface area contributed by atoms with Gasteiger partial charge in [0.05, 0.1) is 0 Å². The first-order valence-electron chi connectivity index (χ1n) is 5.79. The fourth-order valence-corrected chi connectivity index (χ4v) is 4.47. The van der Waals surface area contributed by atoms with Crippen LogP contribution in [0.15, 0.2) is 21.5 Å². The number of hydrogen-bond acceptors (Lipinski definition) is 3. The summed E-state index contributed by atoms with van der Waals surface area (Å²) in [4.78, 5) is -0.255. The van der Waals surface area contributed by atoms with Gasteiger partial charge in [-0.3, -0.25) is 0 Å². The van der Waals surface area contributed by atoms with E-state index in [2.05, 4.69) is 21.2 Å². The Bertz CT molecular complexity index is 530. The van der Waals surface area contributed by atoms with Crippen molar-refractivity contribution < 1.29 is 12.8 Å². The quantitative estimate of drug-likeness (QED) is 0.902. The van der Waals surface area contributed by atoms with Gasteiger partial charge in [-0.05, 0) is 58.9 Å². The van der Waals surface area contributed by atoms with E-state index in [4.69, 9.17) is 0 Å². The molecule has 1 aliphatic rings. The lowest BCUT2D eigenvalue weighted by molar-refractivity contribution is 0.458. The van der Waals surface area contributed by atoms with E-state index in [1.807, 2.05) is 0 Å². The molecule has 3 nitrogen and oxygen atoms in total. The Hall–Kier alpha value is -0.460. The normalized spacial score (nSPS) is 20.9. The monoisotopic (exact) mass is 335 g/mol. The van der Waals surface area contributed by atoms with Gasteiger partial charge in [0.15, 0.2) is 9.84 Å². The first-order valence-corrected chi connectivity index (χ1v) is 8.48. The van der Waals surface area contributed by atoms with E-state index in [0.717, 1.165) is 37.8 Å². The molecule has 0 aromatic heterocycles. The summed E-state index contributed by atoms with van der Waals surface area (Å²) in [6, 6.07) is 3.07. The average molecular weight is 336 g/mol. The molecule has 0 radical (unpaired) electrons. The molecule has 0 aliphatic carbocycles. The first kappa shape index (κ1) is 14.0. The highest BCUT2D eigenvalue weighted by molar-refractivity contribution is 9.10. The van der Waals surface area contributed by atoms with Crippen LogP contribution < -0.4 is 5.32 Å². The molecule has 0 spiro atoms. The summed E-state index contributed by atoms with van der Waals surface area (Å²) >= 11 is 3.16. The van der Waals surface area contributed by atoms with Gasteiger partial charge in [0.25, 0.3) is 0 Å². The van der Waals surface area contributed by atoms with E-state index < -0.39 is 15.7 Å². The van der Waals surface area contributed by atoms with Crippen LogP contribution in [0.25, 0.3) is 0 Å². The molecular formula is C12H15BrFNO2S. The second kappa shape index (κ2) is 5.27. The molecule has 1 unspecified atom stereocenters. The van der Waals surface area contributed by atoms with E-state index in [0.29, 0.717) is 4.47 Å². The maximum absolute atomic E-state index is 13.9. The number of halogens is 2. The maximum atomic E-state index is 13.9. The van der Waals surface area contributed by atoms with Crippen LogP contribution in [0.4, 0.5) is 4.39 Å². The van der Waals surface area contributed by atoms with Gasteiger partial charge in [0.1, 0.15) is 10.7 Å². The van der Waals surface area contributed by atoms with Crippen molar-refractivity contribution in [2.75, 3.05) is 19.3 Å². The van der Waals surface area contributed by atoms with Gasteiger partial charge < -0.3 is 5.32 Å². The van der Waals surface area contributed by atoms with Crippen LogP contribution in [0.5, 0.6) is 0 Å². The standard InChI is InChI=1S/C12H15BrFNO2S/c1-18(16,17)12-10(13)5-9(6-11(12)14)8-3-2-4-15-7-8/h5-6,8,15H,2-4,7H2,1H3. The van der Waals surface area contributed by atoms with Crippen molar-refractivity contribution in [2.45, 2.75) is 23.7 Å². The largest absolute Gasteiger partial charge is 0.316 e. The lowest BCUT2D eigenvalue weighted by atomic mass is 9.92. The molecule has 1 N–H and O–H groups in total. The van der Waals surface area contributed by atoms with Crippen molar-refractivity contribution >= 4 is 25.8 Å². The molecule has 0 amide bonds. The highest BCUT2D eigenvalue weighted by Gasteiger charge is 2.22. The molecule has 100 valence electrons. The minimum Gasteiger partial charge on any atom is -0.316 e. The molecule has 18 heavy (non-hydrogen) atoms. The number of piperidine rings is 1. The van der Waals surface area contributed by atoms with Crippen molar-refractivity contribution in [1.82, 2.24) is 5.32 Å². The molecule has 1 aromatic carbocycles. The Labute approximate surface area is 115 Å². The Morgan fingerprint density at radius 1 is 1.44 bits per heavy atom. The highest BCUT2D eigenvalue weighted by atomic mass is 79.9. The first-order chi connectivity index (χ1) is 8.39. The Morgan fingerprint density at radius 3 is 2.67 bits per heavy atom. The molecular weight excluding hydrogens is 321 g/mol. The van der Waals surface area contributed by atoms with Crippen molar-refractivity contribution in [3.05, 3.63) is 28.0 Å². The van der Waals surface area contributed by atoms with E-state index in [1.54, 1.807) is 6.07 Å². The summed E-state index contributed by atoms with van der Waals surface area (Å²) in [7, 11) is -3.55. The van der Waals surface area contributed by atoms with Gasteiger partial charge in [-0.2, -0.15) is 0 Å². The fourth-order valence-electron chi connectivity index (χ4n) is 2.31. The van der Waals surface area contributed by atoms with Crippen LogP contribution in [0.2, 0.25) is 0 Å². The fraction of sp³-hybridized carbons (Fsp3) is 0.500. The predicted molar refractivity (Wildman–Crippen MR) is 72.1 cm³/mol. The molecule has 1 aromatic rings. The lowest BCUT2D eigenvalue weighted by Gasteiger charge is -2.23. The van der Waals surface area contributed by atoms with Gasteiger partial charge in [-0.1, -0.05) is 0 Å². The molecule has 1 saturated heterocycles. The molecule has 1 aliphatic heterocycles. The molecule has 1 fully saturated rings. The highest BCUT2D eigenvalue weighted by Crippen LogP contribution is 2.31. The number of nitrogens with one attached hydrogen (secondary N) is 1. The summed E-state index contributed by atoms with van der Waals surface area (Å²) in [5, 5.41) is 3.26. The Kier molecular flexibility index (Phi) is 4.08. The van der Waals surface area contributed by atoms with Crippen LogP contribution in [0, 0.1) is 5.82 Å². The number of benzene rings is 1. The van der Waals surface area contributed by atoms with E-state index >= 15 is 0 Å². The van der Waals surface area contributed by atoms with E-state index in [9.17, 15) is 12.8 Å². The third-order valence-corrected chi connectivity index (χ3v) is 5.20. The topological polar surface area (TPSA) is 46.2 Å². The smallest absolute Gasteiger partial charge is 0.179 e. The van der Waals surface area contributed by atoms with Crippen molar-refractivity contribution in [1.29, 1.82) is 0 Å². The maximum Gasteiger partial charge on any atom is 0.179 e. The summed E-state index contributed by atoms with van der Waals surface area (Å²) in [6.45, 7) is 1.80. The van der Waals surface area contributed by atoms with Gasteiger partial charge in [-0.15, -0.1) is 0 Å². The molecule has 0 saturated carbocycles. The van der Waals surface area contributed by atoms with Crippen molar-refractivity contribution in [3.63, 3.8) is 0 Å². The zero-order valence-corrected chi connectivity index (χ0v) is 12.4. The van der Waals surface area contributed by atoms with Crippen LogP contribution in [0.1, 0.15) is 24.3 Å². The molecule has 1 heterocycles. The van der Waals surface area contributed by atoms with Gasteiger partial charge >= 0.3 is 0 Å². The third kappa shape index (κ3) is 2.92. The van der Waals surface area contributed by atoms with Crippen LogP contribution in [-0.2, 0) is 9.84 Å². The number of sulfone groups is 1. The molecule has 6 heteroatoms.